The molecule has 0 saturated carbocycles. The van der Waals surface area contributed by atoms with Crippen LogP contribution in [0.1, 0.15) is 26.7 Å². The van der Waals surface area contributed by atoms with Gasteiger partial charge in [0, 0.05) is 19.6 Å². The predicted molar refractivity (Wildman–Crippen MR) is 58.1 cm³/mol. The Hall–Kier alpha value is -0.770. The van der Waals surface area contributed by atoms with Gasteiger partial charge in [0.05, 0.1) is 6.10 Å². The summed E-state index contributed by atoms with van der Waals surface area (Å²) in [6, 6.07) is 0. The Balaban J connectivity index is 2.39. The van der Waals surface area contributed by atoms with Gasteiger partial charge in [0.25, 0.3) is 0 Å². The zero-order chi connectivity index (χ0) is 10.6. The highest BCUT2D eigenvalue weighted by Gasteiger charge is 2.23. The first-order valence-corrected chi connectivity index (χ1v) is 5.38. The Labute approximate surface area is 85.8 Å². The van der Waals surface area contributed by atoms with Crippen LogP contribution in [0.3, 0.4) is 0 Å². The van der Waals surface area contributed by atoms with Gasteiger partial charge in [-0.25, -0.2) is 0 Å². The molecule has 1 atom stereocenters. The number of hydrogen-bond donors (Lipinski definition) is 2. The van der Waals surface area contributed by atoms with Crippen LogP contribution < -0.4 is 5.73 Å². The van der Waals surface area contributed by atoms with Crippen LogP contribution in [-0.2, 0) is 0 Å². The maximum atomic E-state index is 9.43. The number of nitrogens with two attached hydrogens (primary N) is 1. The zero-order valence-electron chi connectivity index (χ0n) is 9.11. The molecule has 14 heavy (non-hydrogen) atoms. The molecule has 0 radical (unpaired) electrons. The number of aliphatic hydroxyl groups excluding tert-OH is 1. The van der Waals surface area contributed by atoms with Crippen LogP contribution in [0, 0.1) is 5.92 Å². The molecule has 0 amide bonds. The van der Waals surface area contributed by atoms with E-state index in [0.29, 0.717) is 11.9 Å². The van der Waals surface area contributed by atoms with Crippen molar-refractivity contribution in [3.05, 3.63) is 0 Å². The molecule has 0 aromatic heterocycles. The Bertz CT molecular complexity index is 196. The van der Waals surface area contributed by atoms with Crippen LogP contribution in [0.25, 0.3) is 0 Å². The summed E-state index contributed by atoms with van der Waals surface area (Å²) >= 11 is 0. The topological polar surface area (TPSA) is 61.8 Å². The normalized spacial score (nSPS) is 22.5. The lowest BCUT2D eigenvalue weighted by atomic mass is 9.92. The van der Waals surface area contributed by atoms with Gasteiger partial charge in [0.2, 0.25) is 0 Å². The minimum Gasteiger partial charge on any atom is -0.393 e. The van der Waals surface area contributed by atoms with E-state index in [9.17, 15) is 5.11 Å². The fourth-order valence-electron chi connectivity index (χ4n) is 1.87. The number of aliphatic hydroxyl groups is 1. The van der Waals surface area contributed by atoms with Gasteiger partial charge in [-0.1, -0.05) is 0 Å². The Morgan fingerprint density at radius 3 is 2.57 bits per heavy atom. The van der Waals surface area contributed by atoms with Crippen molar-refractivity contribution in [1.29, 1.82) is 0 Å². The largest absolute Gasteiger partial charge is 0.393 e. The van der Waals surface area contributed by atoms with E-state index in [4.69, 9.17) is 5.73 Å². The molecule has 0 bridgehead atoms. The Morgan fingerprint density at radius 2 is 2.14 bits per heavy atom. The first-order chi connectivity index (χ1) is 6.65. The van der Waals surface area contributed by atoms with Gasteiger partial charge in [0.15, 0.2) is 5.96 Å². The Kier molecular flexibility index (Phi) is 4.20. The van der Waals surface area contributed by atoms with E-state index < -0.39 is 0 Å². The lowest BCUT2D eigenvalue weighted by Crippen LogP contribution is -2.44. The van der Waals surface area contributed by atoms with Gasteiger partial charge in [-0.2, -0.15) is 0 Å². The summed E-state index contributed by atoms with van der Waals surface area (Å²) in [5.74, 6) is 1.08. The van der Waals surface area contributed by atoms with E-state index in [1.807, 2.05) is 13.8 Å². The molecular formula is C10H21N3O. The molecule has 1 fully saturated rings. The maximum absolute atomic E-state index is 9.43. The van der Waals surface area contributed by atoms with Crippen molar-refractivity contribution in [3.8, 4) is 0 Å². The standard InChI is InChI=1S/C10H21N3O/c1-3-12-10(11)13-6-4-9(5-7-13)8(2)14/h8-9,14H,3-7H2,1-2H3,(H2,11,12). The summed E-state index contributed by atoms with van der Waals surface area (Å²) in [6.07, 6.45) is 1.83. The number of piperidine rings is 1. The van der Waals surface area contributed by atoms with Crippen molar-refractivity contribution in [2.75, 3.05) is 19.6 Å². The van der Waals surface area contributed by atoms with E-state index in [1.54, 1.807) is 0 Å². The van der Waals surface area contributed by atoms with E-state index in [2.05, 4.69) is 9.89 Å². The molecule has 0 aromatic carbocycles. The minimum atomic E-state index is -0.193. The predicted octanol–water partition coefficient (Wildman–Crippen LogP) is 0.414. The van der Waals surface area contributed by atoms with E-state index in [-0.39, 0.29) is 6.10 Å². The number of aliphatic imine (C=N–C) groups is 1. The number of rotatable bonds is 2. The molecule has 4 nitrogen and oxygen atoms in total. The zero-order valence-corrected chi connectivity index (χ0v) is 9.11. The molecule has 1 heterocycles. The lowest BCUT2D eigenvalue weighted by molar-refractivity contribution is 0.0887. The fourth-order valence-corrected chi connectivity index (χ4v) is 1.87. The monoisotopic (exact) mass is 199 g/mol. The maximum Gasteiger partial charge on any atom is 0.191 e. The number of guanidine groups is 1. The number of nitrogens with zero attached hydrogens (tertiary/aromatic N) is 2. The second-order valence-electron chi connectivity index (χ2n) is 3.90. The van der Waals surface area contributed by atoms with Crippen LogP contribution in [0.4, 0.5) is 0 Å². The van der Waals surface area contributed by atoms with Gasteiger partial charge in [-0.05, 0) is 32.6 Å². The van der Waals surface area contributed by atoms with E-state index in [0.717, 1.165) is 32.5 Å². The van der Waals surface area contributed by atoms with E-state index >= 15 is 0 Å². The van der Waals surface area contributed by atoms with Crippen molar-refractivity contribution >= 4 is 5.96 Å². The molecule has 4 heteroatoms. The average molecular weight is 199 g/mol. The molecule has 1 saturated heterocycles. The molecular weight excluding hydrogens is 178 g/mol. The second-order valence-corrected chi connectivity index (χ2v) is 3.90. The van der Waals surface area contributed by atoms with Crippen LogP contribution in [0.15, 0.2) is 4.99 Å². The average Bonchev–Trinajstić information content (AvgIpc) is 2.18. The van der Waals surface area contributed by atoms with Gasteiger partial charge < -0.3 is 15.7 Å². The molecule has 1 rings (SSSR count). The summed E-state index contributed by atoms with van der Waals surface area (Å²) in [4.78, 5) is 6.28. The van der Waals surface area contributed by atoms with E-state index in [1.165, 1.54) is 0 Å². The molecule has 0 aliphatic carbocycles. The van der Waals surface area contributed by atoms with Crippen molar-refractivity contribution in [2.24, 2.45) is 16.6 Å². The van der Waals surface area contributed by atoms with Gasteiger partial charge in [0.1, 0.15) is 0 Å². The van der Waals surface area contributed by atoms with Crippen molar-refractivity contribution in [1.82, 2.24) is 4.90 Å². The summed E-state index contributed by atoms with van der Waals surface area (Å²) in [5, 5.41) is 9.43. The third kappa shape index (κ3) is 2.87. The minimum absolute atomic E-state index is 0.193. The summed E-state index contributed by atoms with van der Waals surface area (Å²) in [6.45, 7) is 6.43. The molecule has 82 valence electrons. The fraction of sp³-hybridized carbons (Fsp3) is 0.900. The quantitative estimate of drug-likeness (QED) is 0.500. The first-order valence-electron chi connectivity index (χ1n) is 5.38. The first kappa shape index (κ1) is 11.3. The third-order valence-corrected chi connectivity index (χ3v) is 2.87. The molecule has 1 aliphatic heterocycles. The molecule has 0 aromatic rings. The summed E-state index contributed by atoms with van der Waals surface area (Å²) in [5.41, 5.74) is 5.79. The van der Waals surface area contributed by atoms with Crippen LogP contribution in [-0.4, -0.2) is 41.7 Å². The Morgan fingerprint density at radius 1 is 1.57 bits per heavy atom. The van der Waals surface area contributed by atoms with Crippen molar-refractivity contribution in [3.63, 3.8) is 0 Å². The SMILES string of the molecule is CCN=C(N)N1CCC(C(C)O)CC1. The smallest absolute Gasteiger partial charge is 0.191 e. The van der Waals surface area contributed by atoms with Gasteiger partial charge >= 0.3 is 0 Å². The highest BCUT2D eigenvalue weighted by atomic mass is 16.3. The summed E-state index contributed by atoms with van der Waals surface area (Å²) in [7, 11) is 0. The van der Waals surface area contributed by atoms with Crippen LogP contribution in [0.5, 0.6) is 0 Å². The van der Waals surface area contributed by atoms with Crippen LogP contribution in [0.2, 0.25) is 0 Å². The molecule has 3 N–H and O–H groups in total. The lowest BCUT2D eigenvalue weighted by Gasteiger charge is -2.33. The third-order valence-electron chi connectivity index (χ3n) is 2.87. The van der Waals surface area contributed by atoms with Gasteiger partial charge in [-0.3, -0.25) is 4.99 Å². The van der Waals surface area contributed by atoms with Crippen LogP contribution >= 0.6 is 0 Å². The summed E-state index contributed by atoms with van der Waals surface area (Å²) < 4.78 is 0. The van der Waals surface area contributed by atoms with Gasteiger partial charge in [-0.15, -0.1) is 0 Å². The van der Waals surface area contributed by atoms with Crippen molar-refractivity contribution in [2.45, 2.75) is 32.8 Å². The molecule has 1 unspecified atom stereocenters. The number of hydrogen-bond acceptors (Lipinski definition) is 2. The highest BCUT2D eigenvalue weighted by Crippen LogP contribution is 2.19. The number of likely N-dealkylation sites (tertiary alicyclic amines) is 1. The highest BCUT2D eigenvalue weighted by molar-refractivity contribution is 5.78. The second kappa shape index (κ2) is 5.20. The molecule has 1 aliphatic rings. The molecule has 0 spiro atoms. The van der Waals surface area contributed by atoms with Crippen molar-refractivity contribution < 1.29 is 5.11 Å².